The van der Waals surface area contributed by atoms with Crippen molar-refractivity contribution < 1.29 is 0 Å². The van der Waals surface area contributed by atoms with Gasteiger partial charge < -0.3 is 0 Å². The largest absolute Gasteiger partial charge is 0.282 e. The SMILES string of the molecule is Cc1cc(-c2ncccc2Br)n[nH]1. The van der Waals surface area contributed by atoms with Crippen LogP contribution >= 0.6 is 15.9 Å². The minimum atomic E-state index is 0.866. The standard InChI is InChI=1S/C9H8BrN3/c1-6-5-8(13-12-6)9-7(10)3-2-4-11-9/h2-5H,1H3,(H,12,13). The van der Waals surface area contributed by atoms with Crippen molar-refractivity contribution in [1.82, 2.24) is 15.2 Å². The molecule has 0 fully saturated rings. The first-order valence-electron chi connectivity index (χ1n) is 3.90. The van der Waals surface area contributed by atoms with E-state index in [1.54, 1.807) is 6.20 Å². The Kier molecular flexibility index (Phi) is 2.14. The summed E-state index contributed by atoms with van der Waals surface area (Å²) in [5, 5.41) is 7.01. The van der Waals surface area contributed by atoms with E-state index in [9.17, 15) is 0 Å². The van der Waals surface area contributed by atoms with E-state index < -0.39 is 0 Å². The quantitative estimate of drug-likeness (QED) is 0.829. The second-order valence-corrected chi connectivity index (χ2v) is 3.62. The fourth-order valence-corrected chi connectivity index (χ4v) is 1.57. The topological polar surface area (TPSA) is 41.6 Å². The zero-order valence-electron chi connectivity index (χ0n) is 7.08. The van der Waals surface area contributed by atoms with Crippen molar-refractivity contribution in [2.45, 2.75) is 6.92 Å². The lowest BCUT2D eigenvalue weighted by Crippen LogP contribution is -1.83. The number of hydrogen-bond acceptors (Lipinski definition) is 2. The Morgan fingerprint density at radius 3 is 2.92 bits per heavy atom. The van der Waals surface area contributed by atoms with Crippen LogP contribution in [-0.2, 0) is 0 Å². The Hall–Kier alpha value is -1.16. The molecule has 0 atom stereocenters. The second-order valence-electron chi connectivity index (χ2n) is 2.77. The summed E-state index contributed by atoms with van der Waals surface area (Å²) in [6.45, 7) is 1.97. The van der Waals surface area contributed by atoms with E-state index in [-0.39, 0.29) is 0 Å². The summed E-state index contributed by atoms with van der Waals surface area (Å²) in [7, 11) is 0. The molecule has 1 N–H and O–H groups in total. The molecule has 0 aliphatic carbocycles. The third-order valence-corrected chi connectivity index (χ3v) is 2.35. The molecule has 0 saturated heterocycles. The highest BCUT2D eigenvalue weighted by Gasteiger charge is 2.06. The van der Waals surface area contributed by atoms with Crippen LogP contribution in [0.3, 0.4) is 0 Å². The van der Waals surface area contributed by atoms with Gasteiger partial charge >= 0.3 is 0 Å². The van der Waals surface area contributed by atoms with Gasteiger partial charge in [0.25, 0.3) is 0 Å². The number of halogens is 1. The minimum absolute atomic E-state index is 0.866. The summed E-state index contributed by atoms with van der Waals surface area (Å²) in [6, 6.07) is 5.80. The molecule has 3 nitrogen and oxygen atoms in total. The smallest absolute Gasteiger partial charge is 0.112 e. The normalized spacial score (nSPS) is 10.3. The van der Waals surface area contributed by atoms with Gasteiger partial charge in [-0.15, -0.1) is 0 Å². The van der Waals surface area contributed by atoms with Crippen LogP contribution in [0.1, 0.15) is 5.69 Å². The number of rotatable bonds is 1. The first-order chi connectivity index (χ1) is 6.27. The maximum absolute atomic E-state index is 4.23. The molecule has 2 heterocycles. The van der Waals surface area contributed by atoms with Crippen molar-refractivity contribution in [1.29, 1.82) is 0 Å². The van der Waals surface area contributed by atoms with Crippen molar-refractivity contribution in [2.24, 2.45) is 0 Å². The highest BCUT2D eigenvalue weighted by Crippen LogP contribution is 2.23. The van der Waals surface area contributed by atoms with Gasteiger partial charge in [0.15, 0.2) is 0 Å². The van der Waals surface area contributed by atoms with E-state index >= 15 is 0 Å². The molecule has 66 valence electrons. The van der Waals surface area contributed by atoms with Gasteiger partial charge in [0.2, 0.25) is 0 Å². The van der Waals surface area contributed by atoms with E-state index in [4.69, 9.17) is 0 Å². The van der Waals surface area contributed by atoms with Crippen molar-refractivity contribution in [3.63, 3.8) is 0 Å². The summed E-state index contributed by atoms with van der Waals surface area (Å²) in [4.78, 5) is 4.23. The van der Waals surface area contributed by atoms with Gasteiger partial charge in [-0.3, -0.25) is 10.1 Å². The molecule has 0 amide bonds. The van der Waals surface area contributed by atoms with Crippen LogP contribution in [0.15, 0.2) is 28.9 Å². The molecular formula is C9H8BrN3. The number of aryl methyl sites for hydroxylation is 1. The lowest BCUT2D eigenvalue weighted by molar-refractivity contribution is 1.04. The lowest BCUT2D eigenvalue weighted by atomic mass is 10.2. The van der Waals surface area contributed by atoms with E-state index in [1.807, 2.05) is 25.1 Å². The van der Waals surface area contributed by atoms with Crippen LogP contribution in [0, 0.1) is 6.92 Å². The summed E-state index contributed by atoms with van der Waals surface area (Å²) < 4.78 is 0.960. The van der Waals surface area contributed by atoms with Crippen LogP contribution in [0.5, 0.6) is 0 Å². The Balaban J connectivity index is 2.52. The summed E-state index contributed by atoms with van der Waals surface area (Å²) in [5.41, 5.74) is 2.77. The third-order valence-electron chi connectivity index (χ3n) is 1.71. The number of aromatic nitrogens is 3. The predicted octanol–water partition coefficient (Wildman–Crippen LogP) is 2.54. The van der Waals surface area contributed by atoms with E-state index in [0.717, 1.165) is 21.6 Å². The van der Waals surface area contributed by atoms with Crippen molar-refractivity contribution in [3.8, 4) is 11.4 Å². The first kappa shape index (κ1) is 8.44. The van der Waals surface area contributed by atoms with Crippen LogP contribution in [0.25, 0.3) is 11.4 Å². The molecule has 2 aromatic rings. The molecule has 0 saturated carbocycles. The van der Waals surface area contributed by atoms with Crippen LogP contribution in [0.4, 0.5) is 0 Å². The maximum atomic E-state index is 4.23. The maximum Gasteiger partial charge on any atom is 0.112 e. The highest BCUT2D eigenvalue weighted by atomic mass is 79.9. The lowest BCUT2D eigenvalue weighted by Gasteiger charge is -1.96. The third kappa shape index (κ3) is 1.62. The average Bonchev–Trinajstić information content (AvgIpc) is 2.53. The Bertz CT molecular complexity index is 422. The van der Waals surface area contributed by atoms with E-state index in [2.05, 4.69) is 31.1 Å². The molecule has 0 unspecified atom stereocenters. The zero-order valence-corrected chi connectivity index (χ0v) is 8.67. The molecule has 4 heteroatoms. The Morgan fingerprint density at radius 1 is 1.46 bits per heavy atom. The van der Waals surface area contributed by atoms with Gasteiger partial charge in [-0.2, -0.15) is 5.10 Å². The minimum Gasteiger partial charge on any atom is -0.282 e. The van der Waals surface area contributed by atoms with Gasteiger partial charge in [-0.1, -0.05) is 0 Å². The molecule has 0 aromatic carbocycles. The van der Waals surface area contributed by atoms with Gasteiger partial charge in [0.1, 0.15) is 11.4 Å². The van der Waals surface area contributed by atoms with Gasteiger partial charge in [0, 0.05) is 16.4 Å². The number of H-pyrrole nitrogens is 1. The zero-order chi connectivity index (χ0) is 9.26. The molecule has 0 spiro atoms. The van der Waals surface area contributed by atoms with Gasteiger partial charge in [-0.25, -0.2) is 0 Å². The number of nitrogens with one attached hydrogen (secondary N) is 1. The predicted molar refractivity (Wildman–Crippen MR) is 54.3 cm³/mol. The van der Waals surface area contributed by atoms with E-state index in [0.29, 0.717) is 0 Å². The van der Waals surface area contributed by atoms with Crippen LogP contribution in [0.2, 0.25) is 0 Å². The number of pyridine rings is 1. The fourth-order valence-electron chi connectivity index (χ4n) is 1.11. The van der Waals surface area contributed by atoms with Crippen LogP contribution < -0.4 is 0 Å². The molecule has 13 heavy (non-hydrogen) atoms. The first-order valence-corrected chi connectivity index (χ1v) is 4.69. The molecule has 0 aliphatic heterocycles. The molecule has 2 rings (SSSR count). The van der Waals surface area contributed by atoms with Crippen molar-refractivity contribution >= 4 is 15.9 Å². The van der Waals surface area contributed by atoms with Gasteiger partial charge in [0.05, 0.1) is 0 Å². The van der Waals surface area contributed by atoms with Gasteiger partial charge in [-0.05, 0) is 41.1 Å². The molecular weight excluding hydrogens is 230 g/mol. The summed E-state index contributed by atoms with van der Waals surface area (Å²) in [6.07, 6.45) is 1.75. The van der Waals surface area contributed by atoms with Crippen LogP contribution in [-0.4, -0.2) is 15.2 Å². The van der Waals surface area contributed by atoms with Crippen molar-refractivity contribution in [2.75, 3.05) is 0 Å². The number of hydrogen-bond donors (Lipinski definition) is 1. The number of aromatic amines is 1. The number of nitrogens with zero attached hydrogens (tertiary/aromatic N) is 2. The monoisotopic (exact) mass is 237 g/mol. The average molecular weight is 238 g/mol. The molecule has 0 bridgehead atoms. The van der Waals surface area contributed by atoms with Crippen molar-refractivity contribution in [3.05, 3.63) is 34.6 Å². The Morgan fingerprint density at radius 2 is 2.31 bits per heavy atom. The summed E-state index contributed by atoms with van der Waals surface area (Å²) >= 11 is 3.43. The highest BCUT2D eigenvalue weighted by molar-refractivity contribution is 9.10. The molecule has 2 aromatic heterocycles. The fraction of sp³-hybridized carbons (Fsp3) is 0.111. The summed E-state index contributed by atoms with van der Waals surface area (Å²) in [5.74, 6) is 0. The van der Waals surface area contributed by atoms with E-state index in [1.165, 1.54) is 0 Å². The second kappa shape index (κ2) is 3.30. The molecule has 0 radical (unpaired) electrons. The Labute approximate surface area is 84.3 Å². The molecule has 0 aliphatic rings.